The van der Waals surface area contributed by atoms with E-state index in [0.717, 1.165) is 37.4 Å². The third kappa shape index (κ3) is 3.22. The monoisotopic (exact) mass is 304 g/mol. The standard InChI is InChI=1S/C16H21ClN4/c1-20-15(10-12-3-2-4-13(17)9-12)16(11-19-20)21-7-5-14(18)6-8-21/h2-4,9,11,14H,5-8,10,18H2,1H3. The van der Waals surface area contributed by atoms with Gasteiger partial charge in [-0.1, -0.05) is 23.7 Å². The summed E-state index contributed by atoms with van der Waals surface area (Å²) in [5.74, 6) is 0. The van der Waals surface area contributed by atoms with Gasteiger partial charge < -0.3 is 10.6 Å². The lowest BCUT2D eigenvalue weighted by atomic mass is 10.0. The molecule has 5 heteroatoms. The molecule has 1 saturated heterocycles. The van der Waals surface area contributed by atoms with Crippen molar-refractivity contribution in [3.63, 3.8) is 0 Å². The lowest BCUT2D eigenvalue weighted by Gasteiger charge is -2.31. The van der Waals surface area contributed by atoms with Gasteiger partial charge in [0.05, 0.1) is 17.6 Å². The molecule has 0 amide bonds. The number of anilines is 1. The van der Waals surface area contributed by atoms with Gasteiger partial charge in [0, 0.05) is 37.6 Å². The molecular formula is C16H21ClN4. The van der Waals surface area contributed by atoms with Crippen molar-refractivity contribution in [2.75, 3.05) is 18.0 Å². The molecule has 0 aliphatic carbocycles. The van der Waals surface area contributed by atoms with Crippen molar-refractivity contribution >= 4 is 17.3 Å². The summed E-state index contributed by atoms with van der Waals surface area (Å²) >= 11 is 6.08. The van der Waals surface area contributed by atoms with Crippen LogP contribution in [-0.2, 0) is 13.5 Å². The van der Waals surface area contributed by atoms with E-state index in [9.17, 15) is 0 Å². The van der Waals surface area contributed by atoms with Crippen LogP contribution >= 0.6 is 11.6 Å². The number of piperidine rings is 1. The van der Waals surface area contributed by atoms with Crippen LogP contribution in [0, 0.1) is 0 Å². The molecule has 0 atom stereocenters. The van der Waals surface area contributed by atoms with E-state index in [1.165, 1.54) is 16.9 Å². The van der Waals surface area contributed by atoms with Crippen LogP contribution in [-0.4, -0.2) is 28.9 Å². The molecule has 1 aromatic carbocycles. The van der Waals surface area contributed by atoms with Gasteiger partial charge in [-0.2, -0.15) is 5.10 Å². The zero-order valence-corrected chi connectivity index (χ0v) is 13.1. The van der Waals surface area contributed by atoms with E-state index in [2.05, 4.69) is 16.1 Å². The van der Waals surface area contributed by atoms with Crippen LogP contribution in [0.25, 0.3) is 0 Å². The number of benzene rings is 1. The SMILES string of the molecule is Cn1ncc(N2CCC(N)CC2)c1Cc1cccc(Cl)c1. The van der Waals surface area contributed by atoms with Crippen molar-refractivity contribution in [2.24, 2.45) is 12.8 Å². The maximum atomic E-state index is 6.08. The minimum absolute atomic E-state index is 0.342. The summed E-state index contributed by atoms with van der Waals surface area (Å²) in [5.41, 5.74) is 9.66. The Morgan fingerprint density at radius 2 is 2.10 bits per heavy atom. The molecular weight excluding hydrogens is 284 g/mol. The Bertz CT molecular complexity index is 614. The average molecular weight is 305 g/mol. The molecule has 1 aliphatic heterocycles. The summed E-state index contributed by atoms with van der Waals surface area (Å²) in [4.78, 5) is 2.40. The molecule has 21 heavy (non-hydrogen) atoms. The Morgan fingerprint density at radius 1 is 1.33 bits per heavy atom. The number of hydrogen-bond acceptors (Lipinski definition) is 3. The largest absolute Gasteiger partial charge is 0.369 e. The summed E-state index contributed by atoms with van der Waals surface area (Å²) < 4.78 is 1.96. The van der Waals surface area contributed by atoms with Gasteiger partial charge in [-0.15, -0.1) is 0 Å². The lowest BCUT2D eigenvalue weighted by Crippen LogP contribution is -2.40. The van der Waals surface area contributed by atoms with E-state index < -0.39 is 0 Å². The molecule has 2 heterocycles. The van der Waals surface area contributed by atoms with Crippen LogP contribution in [0.2, 0.25) is 5.02 Å². The summed E-state index contributed by atoms with van der Waals surface area (Å²) in [6.45, 7) is 2.02. The molecule has 2 N–H and O–H groups in total. The summed E-state index contributed by atoms with van der Waals surface area (Å²) in [5, 5.41) is 5.22. The topological polar surface area (TPSA) is 47.1 Å². The second kappa shape index (κ2) is 6.08. The third-order valence-electron chi connectivity index (χ3n) is 4.18. The second-order valence-electron chi connectivity index (χ2n) is 5.73. The van der Waals surface area contributed by atoms with Crippen LogP contribution in [0.3, 0.4) is 0 Å². The minimum atomic E-state index is 0.342. The fourth-order valence-corrected chi connectivity index (χ4v) is 3.11. The van der Waals surface area contributed by atoms with Crippen molar-refractivity contribution < 1.29 is 0 Å². The first kappa shape index (κ1) is 14.4. The van der Waals surface area contributed by atoms with Crippen molar-refractivity contribution in [1.82, 2.24) is 9.78 Å². The highest BCUT2D eigenvalue weighted by Gasteiger charge is 2.21. The van der Waals surface area contributed by atoms with E-state index in [1.807, 2.05) is 36.1 Å². The maximum Gasteiger partial charge on any atom is 0.0788 e. The van der Waals surface area contributed by atoms with Gasteiger partial charge in [-0.05, 0) is 30.5 Å². The molecule has 0 spiro atoms. The highest BCUT2D eigenvalue weighted by Crippen LogP contribution is 2.26. The number of aromatic nitrogens is 2. The van der Waals surface area contributed by atoms with E-state index in [-0.39, 0.29) is 0 Å². The van der Waals surface area contributed by atoms with Crippen molar-refractivity contribution in [2.45, 2.75) is 25.3 Å². The highest BCUT2D eigenvalue weighted by molar-refractivity contribution is 6.30. The summed E-state index contributed by atoms with van der Waals surface area (Å²) in [6.07, 6.45) is 4.91. The van der Waals surface area contributed by atoms with Gasteiger partial charge in [0.25, 0.3) is 0 Å². The van der Waals surface area contributed by atoms with E-state index in [1.54, 1.807) is 0 Å². The fraction of sp³-hybridized carbons (Fsp3) is 0.438. The number of aryl methyl sites for hydroxylation is 1. The molecule has 0 bridgehead atoms. The minimum Gasteiger partial charge on any atom is -0.369 e. The first-order valence-electron chi connectivity index (χ1n) is 7.39. The van der Waals surface area contributed by atoms with Crippen molar-refractivity contribution in [3.05, 3.63) is 46.7 Å². The van der Waals surface area contributed by atoms with Gasteiger partial charge in [0.2, 0.25) is 0 Å². The van der Waals surface area contributed by atoms with Crippen LogP contribution in [0.1, 0.15) is 24.1 Å². The van der Waals surface area contributed by atoms with Crippen LogP contribution in [0.4, 0.5) is 5.69 Å². The van der Waals surface area contributed by atoms with E-state index >= 15 is 0 Å². The number of rotatable bonds is 3. The maximum absolute atomic E-state index is 6.08. The predicted octanol–water partition coefficient (Wildman–Crippen LogP) is 2.59. The number of nitrogens with zero attached hydrogens (tertiary/aromatic N) is 3. The first-order chi connectivity index (χ1) is 10.1. The molecule has 112 valence electrons. The van der Waals surface area contributed by atoms with Crippen molar-refractivity contribution in [1.29, 1.82) is 0 Å². The first-order valence-corrected chi connectivity index (χ1v) is 7.77. The Hall–Kier alpha value is -1.52. The molecule has 0 unspecified atom stereocenters. The molecule has 1 aliphatic rings. The Balaban J connectivity index is 1.83. The molecule has 0 radical (unpaired) electrons. The molecule has 1 fully saturated rings. The number of halogens is 1. The van der Waals surface area contributed by atoms with E-state index in [4.69, 9.17) is 17.3 Å². The van der Waals surface area contributed by atoms with E-state index in [0.29, 0.717) is 6.04 Å². The molecule has 0 saturated carbocycles. The third-order valence-corrected chi connectivity index (χ3v) is 4.42. The zero-order valence-electron chi connectivity index (χ0n) is 12.3. The zero-order chi connectivity index (χ0) is 14.8. The smallest absolute Gasteiger partial charge is 0.0788 e. The van der Waals surface area contributed by atoms with Gasteiger partial charge >= 0.3 is 0 Å². The fourth-order valence-electron chi connectivity index (χ4n) is 2.90. The summed E-state index contributed by atoms with van der Waals surface area (Å²) in [6, 6.07) is 8.36. The van der Waals surface area contributed by atoms with Crippen LogP contribution < -0.4 is 10.6 Å². The Kier molecular flexibility index (Phi) is 4.17. The molecule has 1 aromatic heterocycles. The summed E-state index contributed by atoms with van der Waals surface area (Å²) in [7, 11) is 2.00. The predicted molar refractivity (Wildman–Crippen MR) is 86.9 cm³/mol. The van der Waals surface area contributed by atoms with Crippen LogP contribution in [0.5, 0.6) is 0 Å². The van der Waals surface area contributed by atoms with Gasteiger partial charge in [0.15, 0.2) is 0 Å². The lowest BCUT2D eigenvalue weighted by molar-refractivity contribution is 0.500. The highest BCUT2D eigenvalue weighted by atomic mass is 35.5. The number of nitrogens with two attached hydrogens (primary N) is 1. The average Bonchev–Trinajstić information content (AvgIpc) is 2.81. The van der Waals surface area contributed by atoms with Crippen molar-refractivity contribution in [3.8, 4) is 0 Å². The quantitative estimate of drug-likeness (QED) is 0.948. The normalized spacial score (nSPS) is 16.4. The Labute approximate surface area is 130 Å². The molecule has 4 nitrogen and oxygen atoms in total. The molecule has 2 aromatic rings. The Morgan fingerprint density at radius 3 is 2.81 bits per heavy atom. The molecule has 3 rings (SSSR count). The van der Waals surface area contributed by atoms with Gasteiger partial charge in [0.1, 0.15) is 0 Å². The van der Waals surface area contributed by atoms with Crippen LogP contribution in [0.15, 0.2) is 30.5 Å². The van der Waals surface area contributed by atoms with Gasteiger partial charge in [-0.3, -0.25) is 4.68 Å². The number of hydrogen-bond donors (Lipinski definition) is 1. The van der Waals surface area contributed by atoms with Gasteiger partial charge in [-0.25, -0.2) is 0 Å². The second-order valence-corrected chi connectivity index (χ2v) is 6.17.